The molecule has 12 nitrogen and oxygen atoms in total. The molecule has 0 heterocycles. The van der Waals surface area contributed by atoms with E-state index in [0.29, 0.717) is 55.6 Å². The molecular formula is C42H57N3O9S3. The lowest BCUT2D eigenvalue weighted by Gasteiger charge is -2.25. The van der Waals surface area contributed by atoms with E-state index in [1.165, 1.54) is 16.7 Å². The SMILES string of the molecule is O=S(=O)(O)CN(CCCCc1ccccc1)Cc1cc(CN(CCCCc2ccccc2)CS(=O)(=O)O)cc(CN(CCCCc2ccccc2)CS(=O)(=O)O)c1. The van der Waals surface area contributed by atoms with Gasteiger partial charge in [0.25, 0.3) is 30.4 Å². The first-order valence-corrected chi connectivity index (χ1v) is 24.2. The normalized spacial score (nSPS) is 12.5. The monoisotopic (exact) mass is 843 g/mol. The molecule has 0 unspecified atom stereocenters. The van der Waals surface area contributed by atoms with Crippen LogP contribution in [0.4, 0.5) is 0 Å². The first-order valence-electron chi connectivity index (χ1n) is 19.3. The summed E-state index contributed by atoms with van der Waals surface area (Å²) in [4.78, 5) is 4.92. The second-order valence-electron chi connectivity index (χ2n) is 14.8. The number of rotatable bonds is 27. The van der Waals surface area contributed by atoms with E-state index in [1.807, 2.05) is 109 Å². The highest BCUT2D eigenvalue weighted by Crippen LogP contribution is 2.20. The summed E-state index contributed by atoms with van der Waals surface area (Å²) in [5, 5.41) is 0. The molecule has 0 amide bonds. The molecule has 0 aromatic heterocycles. The number of hydrogen-bond acceptors (Lipinski definition) is 9. The summed E-state index contributed by atoms with van der Waals surface area (Å²) in [6.07, 6.45) is 6.79. The third kappa shape index (κ3) is 20.7. The maximum Gasteiger partial charge on any atom is 0.278 e. The summed E-state index contributed by atoms with van der Waals surface area (Å²) in [5.74, 6) is -1.78. The highest BCUT2D eigenvalue weighted by Gasteiger charge is 2.20. The van der Waals surface area contributed by atoms with Gasteiger partial charge >= 0.3 is 0 Å². The van der Waals surface area contributed by atoms with Crippen LogP contribution in [0.15, 0.2) is 109 Å². The second-order valence-corrected chi connectivity index (χ2v) is 19.0. The van der Waals surface area contributed by atoms with Crippen molar-refractivity contribution >= 4 is 30.4 Å². The molecule has 0 radical (unpaired) electrons. The van der Waals surface area contributed by atoms with Gasteiger partial charge in [0.2, 0.25) is 0 Å². The lowest BCUT2D eigenvalue weighted by Crippen LogP contribution is -2.32. The topological polar surface area (TPSA) is 173 Å². The highest BCUT2D eigenvalue weighted by molar-refractivity contribution is 7.86. The first-order chi connectivity index (χ1) is 27.1. The number of benzene rings is 4. The molecule has 3 N–H and O–H groups in total. The minimum atomic E-state index is -4.38. The standard InChI is InChI=1S/C42H57N3O9S3/c46-55(47,48)34-43(25-13-10-22-37-16-4-1-5-17-37)31-40-28-41(32-44(35-56(49,50)51)26-14-11-23-38-18-6-2-7-19-38)30-42(29-40)33-45(36-57(52,53)54)27-15-12-24-39-20-8-3-9-21-39/h1-9,16-21,28-30H,10-15,22-27,31-36H2,(H,46,47,48)(H,49,50,51)(H,52,53,54). The molecule has 4 aromatic rings. The Morgan fingerprint density at radius 3 is 0.825 bits per heavy atom. The van der Waals surface area contributed by atoms with Crippen molar-refractivity contribution in [1.29, 1.82) is 0 Å². The zero-order chi connectivity index (χ0) is 41.2. The van der Waals surface area contributed by atoms with Gasteiger partial charge in [0, 0.05) is 19.6 Å². The van der Waals surface area contributed by atoms with Gasteiger partial charge in [0.05, 0.1) is 0 Å². The maximum atomic E-state index is 12.1. The fourth-order valence-electron chi connectivity index (χ4n) is 7.08. The molecule has 4 aromatic carbocycles. The van der Waals surface area contributed by atoms with Crippen LogP contribution in [-0.2, 0) is 69.3 Å². The number of hydrogen-bond donors (Lipinski definition) is 3. The number of unbranched alkanes of at least 4 members (excludes halogenated alkanes) is 3. The molecule has 57 heavy (non-hydrogen) atoms. The van der Waals surface area contributed by atoms with Crippen molar-refractivity contribution in [2.45, 2.75) is 77.4 Å². The van der Waals surface area contributed by atoms with E-state index in [0.717, 1.165) is 38.5 Å². The van der Waals surface area contributed by atoms with Crippen molar-refractivity contribution in [2.75, 3.05) is 37.3 Å². The Morgan fingerprint density at radius 1 is 0.351 bits per heavy atom. The zero-order valence-corrected chi connectivity index (χ0v) is 34.9. The molecule has 0 fully saturated rings. The maximum absolute atomic E-state index is 12.1. The van der Waals surface area contributed by atoms with E-state index in [4.69, 9.17) is 0 Å². The summed E-state index contributed by atoms with van der Waals surface area (Å²) < 4.78 is 102. The number of aryl methyl sites for hydroxylation is 3. The Balaban J connectivity index is 1.56. The van der Waals surface area contributed by atoms with Crippen molar-refractivity contribution in [2.24, 2.45) is 0 Å². The van der Waals surface area contributed by atoms with E-state index in [1.54, 1.807) is 14.7 Å². The molecule has 4 rings (SSSR count). The molecule has 312 valence electrons. The molecule has 0 saturated heterocycles. The molecule has 0 atom stereocenters. The summed E-state index contributed by atoms with van der Waals surface area (Å²) in [6.45, 7) is 1.53. The molecule has 0 aliphatic carbocycles. The Bertz CT molecular complexity index is 1850. The van der Waals surface area contributed by atoms with Gasteiger partial charge in [-0.3, -0.25) is 28.4 Å². The third-order valence-corrected chi connectivity index (χ3v) is 11.5. The van der Waals surface area contributed by atoms with Crippen LogP contribution < -0.4 is 0 Å². The minimum absolute atomic E-state index is 0.136. The fourth-order valence-corrected chi connectivity index (χ4v) is 9.12. The van der Waals surface area contributed by atoms with Gasteiger partial charge in [0.15, 0.2) is 0 Å². The van der Waals surface area contributed by atoms with Crippen LogP contribution in [0.2, 0.25) is 0 Å². The van der Waals surface area contributed by atoms with Crippen LogP contribution in [0.1, 0.15) is 71.9 Å². The highest BCUT2D eigenvalue weighted by atomic mass is 32.2. The predicted octanol–water partition coefficient (Wildman–Crippen LogP) is 6.70. The van der Waals surface area contributed by atoms with E-state index in [2.05, 4.69) is 0 Å². The van der Waals surface area contributed by atoms with Crippen LogP contribution in [0, 0.1) is 0 Å². The lowest BCUT2D eigenvalue weighted by molar-refractivity contribution is 0.281. The molecule has 0 spiro atoms. The van der Waals surface area contributed by atoms with Gasteiger partial charge in [-0.15, -0.1) is 0 Å². The molecule has 15 heteroatoms. The third-order valence-electron chi connectivity index (χ3n) is 9.47. The van der Waals surface area contributed by atoms with Gasteiger partial charge in [-0.05, 0) is 111 Å². The summed E-state index contributed by atoms with van der Waals surface area (Å²) in [6, 6.07) is 35.4. The average Bonchev–Trinajstić information content (AvgIpc) is 3.13. The molecule has 0 saturated carbocycles. The van der Waals surface area contributed by atoms with Crippen molar-refractivity contribution < 1.29 is 38.9 Å². The first kappa shape index (κ1) is 46.2. The Morgan fingerprint density at radius 2 is 0.596 bits per heavy atom. The molecular weight excluding hydrogens is 787 g/mol. The van der Waals surface area contributed by atoms with Crippen molar-refractivity contribution in [3.8, 4) is 0 Å². The Hall–Kier alpha value is -3.51. The van der Waals surface area contributed by atoms with Crippen LogP contribution in [0.25, 0.3) is 0 Å². The Kier molecular flexibility index (Phi) is 18.8. The van der Waals surface area contributed by atoms with E-state index in [-0.39, 0.29) is 19.6 Å². The van der Waals surface area contributed by atoms with E-state index in [9.17, 15) is 38.9 Å². The lowest BCUT2D eigenvalue weighted by atomic mass is 10.0. The van der Waals surface area contributed by atoms with Crippen molar-refractivity contribution in [1.82, 2.24) is 14.7 Å². The molecule has 0 aliphatic rings. The fraction of sp³-hybridized carbons (Fsp3) is 0.429. The van der Waals surface area contributed by atoms with Crippen LogP contribution in [0.5, 0.6) is 0 Å². The minimum Gasteiger partial charge on any atom is -0.285 e. The van der Waals surface area contributed by atoms with Crippen molar-refractivity contribution in [3.63, 3.8) is 0 Å². The van der Waals surface area contributed by atoms with Crippen molar-refractivity contribution in [3.05, 3.63) is 143 Å². The quantitative estimate of drug-likeness (QED) is 0.0429. The second kappa shape index (κ2) is 23.2. The Labute approximate surface area is 339 Å². The van der Waals surface area contributed by atoms with Crippen LogP contribution >= 0.6 is 0 Å². The van der Waals surface area contributed by atoms with Gasteiger partial charge in [-0.25, -0.2) is 0 Å². The van der Waals surface area contributed by atoms with E-state index >= 15 is 0 Å². The van der Waals surface area contributed by atoms with E-state index < -0.39 is 48.0 Å². The molecule has 0 aliphatic heterocycles. The zero-order valence-electron chi connectivity index (χ0n) is 32.5. The van der Waals surface area contributed by atoms with Gasteiger partial charge < -0.3 is 0 Å². The summed E-state index contributed by atoms with van der Waals surface area (Å²) >= 11 is 0. The molecule has 0 bridgehead atoms. The van der Waals surface area contributed by atoms with Gasteiger partial charge in [-0.2, -0.15) is 25.3 Å². The summed E-state index contributed by atoms with van der Waals surface area (Å²) in [7, 11) is -13.1. The number of nitrogens with zero attached hydrogens (tertiary/aromatic N) is 3. The largest absolute Gasteiger partial charge is 0.285 e. The van der Waals surface area contributed by atoms with Gasteiger partial charge in [-0.1, -0.05) is 109 Å². The average molecular weight is 844 g/mol. The predicted molar refractivity (Wildman–Crippen MR) is 225 cm³/mol. The van der Waals surface area contributed by atoms with Crippen LogP contribution in [0.3, 0.4) is 0 Å². The van der Waals surface area contributed by atoms with Crippen LogP contribution in [-0.4, -0.2) is 90.9 Å². The summed E-state index contributed by atoms with van der Waals surface area (Å²) in [5.41, 5.74) is 5.54. The smallest absolute Gasteiger partial charge is 0.278 e. The van der Waals surface area contributed by atoms with Gasteiger partial charge in [0.1, 0.15) is 17.6 Å².